The number of methoxy groups -OCH3 is 1. The number of nitrogens with zero attached hydrogens (tertiary/aromatic N) is 3. The third-order valence-electron chi connectivity index (χ3n) is 3.13. The van der Waals surface area contributed by atoms with Crippen molar-refractivity contribution < 1.29 is 14.6 Å². The number of halogens is 1. The first-order valence-electron chi connectivity index (χ1n) is 6.75. The number of hydrogen-bond acceptors (Lipinski definition) is 4. The second kappa shape index (κ2) is 7.40. The first-order valence-corrected chi connectivity index (χ1v) is 7.13. The van der Waals surface area contributed by atoms with Gasteiger partial charge in [0.25, 0.3) is 0 Å². The summed E-state index contributed by atoms with van der Waals surface area (Å²) < 4.78 is 6.63. The number of aliphatic hydroxyl groups excluding tert-OH is 1. The topological polar surface area (TPSA) is 67.1 Å². The highest BCUT2D eigenvalue weighted by Crippen LogP contribution is 2.18. The van der Waals surface area contributed by atoms with Gasteiger partial charge in [-0.15, -0.1) is 0 Å². The summed E-state index contributed by atoms with van der Waals surface area (Å²) in [7, 11) is 3.11. The predicted octanol–water partition coefficient (Wildman–Crippen LogP) is 1.47. The van der Waals surface area contributed by atoms with Crippen molar-refractivity contribution in [1.82, 2.24) is 14.3 Å². The van der Waals surface area contributed by atoms with Crippen LogP contribution in [0, 0.1) is 0 Å². The van der Waals surface area contributed by atoms with Gasteiger partial charge < -0.3 is 14.7 Å². The molecule has 0 fully saturated rings. The Kier molecular flexibility index (Phi) is 5.54. The smallest absolute Gasteiger partial charge is 0.246 e. The fourth-order valence-electron chi connectivity index (χ4n) is 2.06. The highest BCUT2D eigenvalue weighted by Gasteiger charge is 2.12. The van der Waals surface area contributed by atoms with Gasteiger partial charge in [0.05, 0.1) is 18.4 Å². The van der Waals surface area contributed by atoms with Gasteiger partial charge in [-0.05, 0) is 18.2 Å². The van der Waals surface area contributed by atoms with Crippen LogP contribution in [0.1, 0.15) is 5.69 Å². The van der Waals surface area contributed by atoms with Gasteiger partial charge in [-0.25, -0.2) is 4.98 Å². The molecule has 0 aliphatic rings. The molecule has 2 rings (SSSR count). The van der Waals surface area contributed by atoms with Crippen molar-refractivity contribution in [2.45, 2.75) is 6.10 Å². The molecule has 7 heteroatoms. The molecule has 0 aliphatic carbocycles. The van der Waals surface area contributed by atoms with E-state index in [-0.39, 0.29) is 19.1 Å². The highest BCUT2D eigenvalue weighted by atomic mass is 35.5. The number of carbonyl (C=O) groups excluding carboxylic acids is 1. The molecular formula is C15H18ClN3O3. The van der Waals surface area contributed by atoms with Gasteiger partial charge in [-0.3, -0.25) is 9.20 Å². The average molecular weight is 324 g/mol. The molecule has 0 aliphatic heterocycles. The minimum absolute atomic E-state index is 0.181. The van der Waals surface area contributed by atoms with Crippen molar-refractivity contribution in [3.05, 3.63) is 41.3 Å². The average Bonchev–Trinajstić information content (AvgIpc) is 2.80. The van der Waals surface area contributed by atoms with Crippen LogP contribution in [-0.2, 0) is 9.53 Å². The Morgan fingerprint density at radius 1 is 1.59 bits per heavy atom. The van der Waals surface area contributed by atoms with E-state index in [1.165, 1.54) is 18.1 Å². The van der Waals surface area contributed by atoms with Gasteiger partial charge in [0.15, 0.2) is 5.15 Å². The Bertz CT molecular complexity index is 684. The molecule has 1 amide bonds. The Morgan fingerprint density at radius 3 is 3.09 bits per heavy atom. The summed E-state index contributed by atoms with van der Waals surface area (Å²) in [6.07, 6.45) is 4.13. The minimum Gasteiger partial charge on any atom is -0.389 e. The largest absolute Gasteiger partial charge is 0.389 e. The Balaban J connectivity index is 2.10. The molecule has 0 saturated carbocycles. The van der Waals surface area contributed by atoms with Crippen molar-refractivity contribution in [1.29, 1.82) is 0 Å². The lowest BCUT2D eigenvalue weighted by atomic mass is 10.3. The molecular weight excluding hydrogens is 306 g/mol. The van der Waals surface area contributed by atoms with Crippen molar-refractivity contribution in [3.63, 3.8) is 0 Å². The van der Waals surface area contributed by atoms with Gasteiger partial charge in [-0.1, -0.05) is 17.7 Å². The van der Waals surface area contributed by atoms with Gasteiger partial charge in [0.2, 0.25) is 5.91 Å². The van der Waals surface area contributed by atoms with Crippen LogP contribution in [0.25, 0.3) is 11.7 Å². The molecule has 1 atom stereocenters. The van der Waals surface area contributed by atoms with Gasteiger partial charge >= 0.3 is 0 Å². The zero-order valence-corrected chi connectivity index (χ0v) is 13.2. The molecule has 0 radical (unpaired) electrons. The Labute approximate surface area is 133 Å². The lowest BCUT2D eigenvalue weighted by Crippen LogP contribution is -2.35. The summed E-state index contributed by atoms with van der Waals surface area (Å²) in [6.45, 7) is 0.373. The van der Waals surface area contributed by atoms with Crippen LogP contribution >= 0.6 is 11.6 Å². The number of fused-ring (bicyclic) bond motifs is 1. The normalized spacial score (nSPS) is 12.9. The molecule has 0 spiro atoms. The van der Waals surface area contributed by atoms with Crippen LogP contribution in [-0.4, -0.2) is 58.7 Å². The fraction of sp³-hybridized carbons (Fsp3) is 0.333. The molecule has 1 unspecified atom stereocenters. The number of ether oxygens (including phenoxy) is 1. The maximum atomic E-state index is 12.0. The van der Waals surface area contributed by atoms with Crippen LogP contribution < -0.4 is 0 Å². The third-order valence-corrected chi connectivity index (χ3v) is 3.40. The number of aromatic nitrogens is 2. The van der Waals surface area contributed by atoms with E-state index >= 15 is 0 Å². The van der Waals surface area contributed by atoms with E-state index in [1.54, 1.807) is 17.5 Å². The summed E-state index contributed by atoms with van der Waals surface area (Å²) >= 11 is 6.09. The van der Waals surface area contributed by atoms with Crippen molar-refractivity contribution in [3.8, 4) is 0 Å². The fourth-order valence-corrected chi connectivity index (χ4v) is 2.30. The van der Waals surface area contributed by atoms with E-state index in [1.807, 2.05) is 24.4 Å². The molecule has 0 saturated heterocycles. The molecule has 2 heterocycles. The van der Waals surface area contributed by atoms with Crippen LogP contribution in [0.3, 0.4) is 0 Å². The SMILES string of the molecule is COCC(O)CN(C)C(=O)C=Cc1c(Cl)nc2ccccn12. The van der Waals surface area contributed by atoms with Crippen LogP contribution in [0.4, 0.5) is 0 Å². The lowest BCUT2D eigenvalue weighted by Gasteiger charge is -2.18. The van der Waals surface area contributed by atoms with E-state index in [0.29, 0.717) is 16.5 Å². The number of hydrogen-bond donors (Lipinski definition) is 1. The Hall–Kier alpha value is -1.89. The van der Waals surface area contributed by atoms with Crippen LogP contribution in [0.15, 0.2) is 30.5 Å². The summed E-state index contributed by atoms with van der Waals surface area (Å²) in [5.74, 6) is -0.239. The number of aliphatic hydroxyl groups is 1. The molecule has 0 aromatic carbocycles. The number of pyridine rings is 1. The number of imidazole rings is 1. The van der Waals surface area contributed by atoms with Crippen molar-refractivity contribution in [2.24, 2.45) is 0 Å². The molecule has 2 aromatic heterocycles. The van der Waals surface area contributed by atoms with Gasteiger partial charge in [-0.2, -0.15) is 0 Å². The zero-order chi connectivity index (χ0) is 16.1. The maximum Gasteiger partial charge on any atom is 0.246 e. The predicted molar refractivity (Wildman–Crippen MR) is 84.8 cm³/mol. The molecule has 1 N–H and O–H groups in total. The van der Waals surface area contributed by atoms with Crippen molar-refractivity contribution >= 4 is 29.2 Å². The molecule has 22 heavy (non-hydrogen) atoms. The second-order valence-electron chi connectivity index (χ2n) is 4.88. The molecule has 118 valence electrons. The highest BCUT2D eigenvalue weighted by molar-refractivity contribution is 6.31. The zero-order valence-electron chi connectivity index (χ0n) is 12.4. The maximum absolute atomic E-state index is 12.0. The number of likely N-dealkylation sites (N-methyl/N-ethyl adjacent to an activating group) is 1. The third kappa shape index (κ3) is 3.85. The van der Waals surface area contributed by atoms with Crippen molar-refractivity contribution in [2.75, 3.05) is 27.3 Å². The van der Waals surface area contributed by atoms with E-state index in [4.69, 9.17) is 16.3 Å². The van der Waals surface area contributed by atoms with E-state index in [0.717, 1.165) is 0 Å². The van der Waals surface area contributed by atoms with E-state index < -0.39 is 6.10 Å². The standard InChI is InChI=1S/C15H18ClN3O3/c1-18(9-11(20)10-22-2)14(21)7-6-12-15(16)17-13-5-3-4-8-19(12)13/h3-8,11,20H,9-10H2,1-2H3. The quantitative estimate of drug-likeness (QED) is 0.817. The first-order chi connectivity index (χ1) is 10.5. The number of amides is 1. The van der Waals surface area contributed by atoms with E-state index in [2.05, 4.69) is 4.98 Å². The van der Waals surface area contributed by atoms with Crippen LogP contribution in [0.2, 0.25) is 5.15 Å². The second-order valence-corrected chi connectivity index (χ2v) is 5.24. The lowest BCUT2D eigenvalue weighted by molar-refractivity contribution is -0.126. The van der Waals surface area contributed by atoms with Gasteiger partial charge in [0, 0.05) is 33.0 Å². The Morgan fingerprint density at radius 2 is 2.36 bits per heavy atom. The monoisotopic (exact) mass is 323 g/mol. The summed E-state index contributed by atoms with van der Waals surface area (Å²) in [4.78, 5) is 17.7. The summed E-state index contributed by atoms with van der Waals surface area (Å²) in [5.41, 5.74) is 1.35. The van der Waals surface area contributed by atoms with E-state index in [9.17, 15) is 9.90 Å². The van der Waals surface area contributed by atoms with Crippen LogP contribution in [0.5, 0.6) is 0 Å². The van der Waals surface area contributed by atoms with Gasteiger partial charge in [0.1, 0.15) is 5.65 Å². The summed E-state index contributed by atoms with van der Waals surface area (Å²) in [5, 5.41) is 9.96. The number of rotatable bonds is 6. The molecule has 6 nitrogen and oxygen atoms in total. The first kappa shape index (κ1) is 16.5. The molecule has 0 bridgehead atoms. The minimum atomic E-state index is -0.716. The number of carbonyl (C=O) groups is 1. The molecule has 2 aromatic rings. The summed E-state index contributed by atoms with van der Waals surface area (Å²) in [6, 6.07) is 5.55.